The van der Waals surface area contributed by atoms with Crippen LogP contribution in [0.5, 0.6) is 0 Å². The van der Waals surface area contributed by atoms with Crippen LogP contribution < -0.4 is 5.32 Å². The summed E-state index contributed by atoms with van der Waals surface area (Å²) in [6.45, 7) is 4.21. The molecule has 2 rings (SSSR count). The van der Waals surface area contributed by atoms with Crippen molar-refractivity contribution in [2.24, 2.45) is 10.9 Å². The monoisotopic (exact) mass is 483 g/mol. The van der Waals surface area contributed by atoms with Crippen LogP contribution in [0, 0.1) is 17.6 Å². The minimum absolute atomic E-state index is 0. The molecule has 1 atom stereocenters. The summed E-state index contributed by atoms with van der Waals surface area (Å²) in [5.41, 5.74) is 0.369. The molecule has 1 aromatic carbocycles. The second-order valence-corrected chi connectivity index (χ2v) is 6.13. The fourth-order valence-electron chi connectivity index (χ4n) is 2.93. The highest BCUT2D eigenvalue weighted by molar-refractivity contribution is 14.0. The van der Waals surface area contributed by atoms with Crippen LogP contribution in [0.15, 0.2) is 23.2 Å². The molecule has 1 aliphatic rings. The Bertz CT molecular complexity index is 575. The van der Waals surface area contributed by atoms with E-state index in [1.165, 1.54) is 6.07 Å². The predicted molar refractivity (Wildman–Crippen MR) is 109 cm³/mol. The van der Waals surface area contributed by atoms with E-state index in [-0.39, 0.29) is 29.8 Å². The van der Waals surface area contributed by atoms with Crippen molar-refractivity contribution in [3.8, 4) is 0 Å². The number of aliphatic imine (C=N–C) groups is 1. The third-order valence-electron chi connectivity index (χ3n) is 4.27. The Hall–Kier alpha value is -1.00. The first kappa shape index (κ1) is 23.0. The lowest BCUT2D eigenvalue weighted by Gasteiger charge is -2.21. The van der Waals surface area contributed by atoms with Crippen LogP contribution in [-0.4, -0.2) is 64.5 Å². The maximum Gasteiger partial charge on any atom is 0.193 e. The van der Waals surface area contributed by atoms with Crippen molar-refractivity contribution in [2.45, 2.75) is 12.8 Å². The second-order valence-electron chi connectivity index (χ2n) is 6.13. The van der Waals surface area contributed by atoms with E-state index in [2.05, 4.69) is 15.2 Å². The van der Waals surface area contributed by atoms with Gasteiger partial charge in [0.05, 0.1) is 19.8 Å². The number of rotatable bonds is 8. The topological polar surface area (TPSA) is 46.1 Å². The molecule has 1 aromatic rings. The molecular weight excluding hydrogens is 455 g/mol. The average molecular weight is 483 g/mol. The van der Waals surface area contributed by atoms with Crippen molar-refractivity contribution in [3.05, 3.63) is 35.4 Å². The summed E-state index contributed by atoms with van der Waals surface area (Å²) in [5.74, 6) is 0.455. The molecule has 1 fully saturated rings. The van der Waals surface area contributed by atoms with E-state index in [1.807, 2.05) is 0 Å². The minimum Gasteiger partial charge on any atom is -0.382 e. The van der Waals surface area contributed by atoms with Crippen LogP contribution in [0.3, 0.4) is 0 Å². The number of hydrogen-bond acceptors (Lipinski definition) is 3. The standard InChI is InChI=1S/C18H27F2N3O2.HI/c1-21-18(22-7-5-15-11-16(19)3-4-17(15)20)23-8-6-14(12-23)13-25-10-9-24-2;/h3-4,11,14H,5-10,12-13H2,1-2H3,(H,21,22);1H. The van der Waals surface area contributed by atoms with Crippen LogP contribution in [0.25, 0.3) is 0 Å². The first-order valence-corrected chi connectivity index (χ1v) is 8.60. The smallest absolute Gasteiger partial charge is 0.193 e. The number of nitrogens with zero attached hydrogens (tertiary/aromatic N) is 2. The molecular formula is C18H28F2IN3O2. The van der Waals surface area contributed by atoms with Crippen LogP contribution in [-0.2, 0) is 15.9 Å². The Morgan fingerprint density at radius 2 is 2.15 bits per heavy atom. The summed E-state index contributed by atoms with van der Waals surface area (Å²) < 4.78 is 37.4. The number of ether oxygens (including phenoxy) is 2. The van der Waals surface area contributed by atoms with Gasteiger partial charge in [0.2, 0.25) is 0 Å². The number of guanidine groups is 1. The Morgan fingerprint density at radius 1 is 1.35 bits per heavy atom. The number of benzene rings is 1. The molecule has 26 heavy (non-hydrogen) atoms. The van der Waals surface area contributed by atoms with Gasteiger partial charge in [-0.15, -0.1) is 24.0 Å². The van der Waals surface area contributed by atoms with E-state index < -0.39 is 5.82 Å². The Labute approximate surface area is 171 Å². The zero-order valence-electron chi connectivity index (χ0n) is 15.3. The molecule has 0 bridgehead atoms. The molecule has 1 N–H and O–H groups in total. The maximum atomic E-state index is 13.6. The van der Waals surface area contributed by atoms with E-state index in [4.69, 9.17) is 9.47 Å². The molecule has 1 aliphatic heterocycles. The van der Waals surface area contributed by atoms with E-state index in [1.54, 1.807) is 14.2 Å². The van der Waals surface area contributed by atoms with E-state index in [0.717, 1.165) is 37.6 Å². The van der Waals surface area contributed by atoms with Gasteiger partial charge in [-0.3, -0.25) is 4.99 Å². The predicted octanol–water partition coefficient (Wildman–Crippen LogP) is 2.69. The molecule has 0 aliphatic carbocycles. The Kier molecular flexibility index (Phi) is 11.0. The van der Waals surface area contributed by atoms with Gasteiger partial charge in [0.25, 0.3) is 0 Å². The van der Waals surface area contributed by atoms with Gasteiger partial charge in [-0.05, 0) is 36.6 Å². The van der Waals surface area contributed by atoms with Crippen molar-refractivity contribution < 1.29 is 18.3 Å². The van der Waals surface area contributed by atoms with Gasteiger partial charge in [0.15, 0.2) is 5.96 Å². The summed E-state index contributed by atoms with van der Waals surface area (Å²) in [6.07, 6.45) is 1.45. The summed E-state index contributed by atoms with van der Waals surface area (Å²) in [7, 11) is 3.39. The Balaban J connectivity index is 0.00000338. The molecule has 0 spiro atoms. The first-order valence-electron chi connectivity index (χ1n) is 8.60. The molecule has 0 aromatic heterocycles. The highest BCUT2D eigenvalue weighted by atomic mass is 127. The van der Waals surface area contributed by atoms with Crippen LogP contribution in [0.4, 0.5) is 8.78 Å². The van der Waals surface area contributed by atoms with Crippen LogP contribution in [0.1, 0.15) is 12.0 Å². The fraction of sp³-hybridized carbons (Fsp3) is 0.611. The molecule has 1 heterocycles. The number of halogens is 3. The van der Waals surface area contributed by atoms with Crippen molar-refractivity contribution in [3.63, 3.8) is 0 Å². The Morgan fingerprint density at radius 3 is 2.88 bits per heavy atom. The quantitative estimate of drug-likeness (QED) is 0.268. The fourth-order valence-corrected chi connectivity index (χ4v) is 2.93. The SMILES string of the molecule is CN=C(NCCc1cc(F)ccc1F)N1CCC(COCCOC)C1.I. The summed E-state index contributed by atoms with van der Waals surface area (Å²) in [4.78, 5) is 6.46. The molecule has 0 radical (unpaired) electrons. The highest BCUT2D eigenvalue weighted by Crippen LogP contribution is 2.16. The summed E-state index contributed by atoms with van der Waals surface area (Å²) >= 11 is 0. The van der Waals surface area contributed by atoms with Gasteiger partial charge in [-0.25, -0.2) is 8.78 Å². The van der Waals surface area contributed by atoms with E-state index in [0.29, 0.717) is 44.3 Å². The molecule has 1 unspecified atom stereocenters. The van der Waals surface area contributed by atoms with Crippen molar-refractivity contribution in [2.75, 3.05) is 53.6 Å². The minimum atomic E-state index is -0.420. The lowest BCUT2D eigenvalue weighted by atomic mass is 10.1. The molecule has 8 heteroatoms. The third kappa shape index (κ3) is 7.32. The van der Waals surface area contributed by atoms with E-state index >= 15 is 0 Å². The van der Waals surface area contributed by atoms with Gasteiger partial charge >= 0.3 is 0 Å². The number of nitrogens with one attached hydrogen (secondary N) is 1. The molecule has 148 valence electrons. The van der Waals surface area contributed by atoms with Gasteiger partial charge < -0.3 is 19.7 Å². The van der Waals surface area contributed by atoms with Crippen LogP contribution >= 0.6 is 24.0 Å². The molecule has 5 nitrogen and oxygen atoms in total. The van der Waals surface area contributed by atoms with Gasteiger partial charge in [0, 0.05) is 39.7 Å². The first-order chi connectivity index (χ1) is 12.1. The third-order valence-corrected chi connectivity index (χ3v) is 4.27. The zero-order chi connectivity index (χ0) is 18.1. The highest BCUT2D eigenvalue weighted by Gasteiger charge is 2.24. The normalized spacial score (nSPS) is 17.3. The zero-order valence-corrected chi connectivity index (χ0v) is 17.7. The summed E-state index contributed by atoms with van der Waals surface area (Å²) in [6, 6.07) is 3.53. The largest absolute Gasteiger partial charge is 0.382 e. The van der Waals surface area contributed by atoms with E-state index in [9.17, 15) is 8.78 Å². The second kappa shape index (κ2) is 12.4. The number of methoxy groups -OCH3 is 1. The average Bonchev–Trinajstić information content (AvgIpc) is 3.07. The van der Waals surface area contributed by atoms with Crippen molar-refractivity contribution in [1.29, 1.82) is 0 Å². The van der Waals surface area contributed by atoms with Gasteiger partial charge in [0.1, 0.15) is 11.6 Å². The molecule has 0 saturated carbocycles. The molecule has 1 saturated heterocycles. The number of likely N-dealkylation sites (tertiary alicyclic amines) is 1. The summed E-state index contributed by atoms with van der Waals surface area (Å²) in [5, 5.41) is 3.23. The van der Waals surface area contributed by atoms with Crippen molar-refractivity contribution >= 4 is 29.9 Å². The molecule has 0 amide bonds. The lowest BCUT2D eigenvalue weighted by Crippen LogP contribution is -2.41. The van der Waals surface area contributed by atoms with Crippen LogP contribution in [0.2, 0.25) is 0 Å². The van der Waals surface area contributed by atoms with Gasteiger partial charge in [-0.2, -0.15) is 0 Å². The van der Waals surface area contributed by atoms with Crippen molar-refractivity contribution in [1.82, 2.24) is 10.2 Å². The van der Waals surface area contributed by atoms with Gasteiger partial charge in [-0.1, -0.05) is 0 Å². The number of hydrogen-bond donors (Lipinski definition) is 1. The lowest BCUT2D eigenvalue weighted by molar-refractivity contribution is 0.0536. The maximum absolute atomic E-state index is 13.6.